The Labute approximate surface area is 127 Å². The fraction of sp³-hybridized carbons (Fsp3) is 0.250. The van der Waals surface area contributed by atoms with Crippen molar-refractivity contribution in [1.29, 1.82) is 0 Å². The number of hydrogen-bond donors (Lipinski definition) is 2. The summed E-state index contributed by atoms with van der Waals surface area (Å²) in [6.45, 7) is 4.11. The van der Waals surface area contributed by atoms with E-state index in [4.69, 9.17) is 0 Å². The van der Waals surface area contributed by atoms with Gasteiger partial charge >= 0.3 is 0 Å². The van der Waals surface area contributed by atoms with Gasteiger partial charge in [0, 0.05) is 11.6 Å². The molecule has 1 heterocycles. The van der Waals surface area contributed by atoms with Crippen LogP contribution in [0.15, 0.2) is 36.5 Å². The molecular formula is C16H17F2N3O. The Balaban J connectivity index is 2.03. The first-order valence-corrected chi connectivity index (χ1v) is 6.98. The Kier molecular flexibility index (Phi) is 5.04. The number of rotatable bonds is 5. The first-order valence-electron chi connectivity index (χ1n) is 6.98. The summed E-state index contributed by atoms with van der Waals surface area (Å²) in [5, 5.41) is 5.78. The normalized spacial score (nSPS) is 11.8. The van der Waals surface area contributed by atoms with Crippen molar-refractivity contribution >= 4 is 17.4 Å². The van der Waals surface area contributed by atoms with Gasteiger partial charge in [-0.25, -0.2) is 13.8 Å². The van der Waals surface area contributed by atoms with Crippen LogP contribution in [-0.2, 0) is 0 Å². The van der Waals surface area contributed by atoms with Gasteiger partial charge in [-0.2, -0.15) is 0 Å². The lowest BCUT2D eigenvalue weighted by Gasteiger charge is -2.12. The molecule has 1 aromatic heterocycles. The van der Waals surface area contributed by atoms with Crippen molar-refractivity contribution in [2.45, 2.75) is 26.3 Å². The predicted molar refractivity (Wildman–Crippen MR) is 81.9 cm³/mol. The molecule has 2 aromatic rings. The standard InChI is InChI=1S/C16H17F2N3O/c1-3-10(2)20-15-7-5-12(9-19-15)21-16(22)11-4-6-13(17)14(18)8-11/h4-10H,3H2,1-2H3,(H,19,20)(H,21,22). The highest BCUT2D eigenvalue weighted by atomic mass is 19.2. The van der Waals surface area contributed by atoms with E-state index in [2.05, 4.69) is 22.5 Å². The molecule has 2 rings (SSSR count). The highest BCUT2D eigenvalue weighted by Crippen LogP contribution is 2.14. The molecule has 0 aliphatic heterocycles. The number of halogens is 2. The number of amides is 1. The van der Waals surface area contributed by atoms with E-state index in [1.165, 1.54) is 12.3 Å². The molecule has 0 aliphatic carbocycles. The second-order valence-electron chi connectivity index (χ2n) is 4.97. The van der Waals surface area contributed by atoms with Crippen LogP contribution in [0.4, 0.5) is 20.3 Å². The number of carbonyl (C=O) groups excluding carboxylic acids is 1. The molecule has 2 N–H and O–H groups in total. The van der Waals surface area contributed by atoms with Gasteiger partial charge in [0.2, 0.25) is 0 Å². The van der Waals surface area contributed by atoms with Gasteiger partial charge in [-0.3, -0.25) is 4.79 Å². The van der Waals surface area contributed by atoms with Crippen LogP contribution in [-0.4, -0.2) is 16.9 Å². The Hall–Kier alpha value is -2.50. The van der Waals surface area contributed by atoms with Crippen LogP contribution in [0.3, 0.4) is 0 Å². The van der Waals surface area contributed by atoms with E-state index < -0.39 is 17.5 Å². The van der Waals surface area contributed by atoms with Crippen molar-refractivity contribution in [1.82, 2.24) is 4.98 Å². The molecule has 1 unspecified atom stereocenters. The van der Waals surface area contributed by atoms with Crippen LogP contribution < -0.4 is 10.6 Å². The quantitative estimate of drug-likeness (QED) is 0.883. The number of nitrogens with zero attached hydrogens (tertiary/aromatic N) is 1. The molecule has 0 radical (unpaired) electrons. The van der Waals surface area contributed by atoms with E-state index in [9.17, 15) is 13.6 Å². The molecule has 116 valence electrons. The number of aromatic nitrogens is 1. The summed E-state index contributed by atoms with van der Waals surface area (Å²) >= 11 is 0. The third kappa shape index (κ3) is 4.00. The number of carbonyl (C=O) groups is 1. The van der Waals surface area contributed by atoms with E-state index in [0.717, 1.165) is 18.6 Å². The van der Waals surface area contributed by atoms with E-state index in [1.54, 1.807) is 12.1 Å². The number of benzene rings is 1. The van der Waals surface area contributed by atoms with Crippen LogP contribution in [0.2, 0.25) is 0 Å². The number of anilines is 2. The molecule has 0 fully saturated rings. The van der Waals surface area contributed by atoms with Crippen LogP contribution in [0.25, 0.3) is 0 Å². The first kappa shape index (κ1) is 15.9. The Morgan fingerprint density at radius 2 is 2.00 bits per heavy atom. The summed E-state index contributed by atoms with van der Waals surface area (Å²) in [6.07, 6.45) is 2.47. The zero-order chi connectivity index (χ0) is 16.1. The lowest BCUT2D eigenvalue weighted by molar-refractivity contribution is 0.102. The van der Waals surface area contributed by atoms with E-state index in [-0.39, 0.29) is 5.56 Å². The molecule has 0 aliphatic rings. The van der Waals surface area contributed by atoms with Crippen molar-refractivity contribution in [3.63, 3.8) is 0 Å². The SMILES string of the molecule is CCC(C)Nc1ccc(NC(=O)c2ccc(F)c(F)c2)cn1. The molecule has 0 spiro atoms. The zero-order valence-electron chi connectivity index (χ0n) is 12.4. The van der Waals surface area contributed by atoms with Crippen molar-refractivity contribution in [2.75, 3.05) is 10.6 Å². The Morgan fingerprint density at radius 1 is 1.23 bits per heavy atom. The van der Waals surface area contributed by atoms with Crippen LogP contribution in [0.1, 0.15) is 30.6 Å². The van der Waals surface area contributed by atoms with Gasteiger partial charge in [-0.1, -0.05) is 6.92 Å². The van der Waals surface area contributed by atoms with Crippen LogP contribution in [0.5, 0.6) is 0 Å². The molecule has 1 amide bonds. The molecule has 0 saturated heterocycles. The monoisotopic (exact) mass is 305 g/mol. The highest BCUT2D eigenvalue weighted by molar-refractivity contribution is 6.04. The Morgan fingerprint density at radius 3 is 2.59 bits per heavy atom. The molecule has 22 heavy (non-hydrogen) atoms. The third-order valence-electron chi connectivity index (χ3n) is 3.21. The summed E-state index contributed by atoms with van der Waals surface area (Å²) in [6, 6.07) is 6.73. The summed E-state index contributed by atoms with van der Waals surface area (Å²) in [4.78, 5) is 16.1. The predicted octanol–water partition coefficient (Wildman–Crippen LogP) is 3.82. The van der Waals surface area contributed by atoms with Gasteiger partial charge < -0.3 is 10.6 Å². The lowest BCUT2D eigenvalue weighted by atomic mass is 10.2. The van der Waals surface area contributed by atoms with E-state index in [1.807, 2.05) is 6.92 Å². The molecular weight excluding hydrogens is 288 g/mol. The lowest BCUT2D eigenvalue weighted by Crippen LogP contribution is -2.15. The second kappa shape index (κ2) is 6.98. The summed E-state index contributed by atoms with van der Waals surface area (Å²) in [7, 11) is 0. The molecule has 1 atom stereocenters. The first-order chi connectivity index (χ1) is 10.5. The molecule has 0 saturated carbocycles. The molecule has 1 aromatic carbocycles. The van der Waals surface area contributed by atoms with Crippen molar-refractivity contribution < 1.29 is 13.6 Å². The minimum atomic E-state index is -1.06. The maximum Gasteiger partial charge on any atom is 0.255 e. The van der Waals surface area contributed by atoms with Gasteiger partial charge in [0.05, 0.1) is 11.9 Å². The largest absolute Gasteiger partial charge is 0.368 e. The molecule has 0 bridgehead atoms. The fourth-order valence-electron chi connectivity index (χ4n) is 1.75. The minimum Gasteiger partial charge on any atom is -0.368 e. The number of nitrogens with one attached hydrogen (secondary N) is 2. The third-order valence-corrected chi connectivity index (χ3v) is 3.21. The number of hydrogen-bond acceptors (Lipinski definition) is 3. The van der Waals surface area contributed by atoms with E-state index >= 15 is 0 Å². The minimum absolute atomic E-state index is 0.0423. The van der Waals surface area contributed by atoms with Gasteiger partial charge in [0.15, 0.2) is 11.6 Å². The second-order valence-corrected chi connectivity index (χ2v) is 4.97. The van der Waals surface area contributed by atoms with Crippen LogP contribution in [0, 0.1) is 11.6 Å². The smallest absolute Gasteiger partial charge is 0.255 e. The summed E-state index contributed by atoms with van der Waals surface area (Å²) in [5.41, 5.74) is 0.519. The van der Waals surface area contributed by atoms with Crippen molar-refractivity contribution in [3.05, 3.63) is 53.7 Å². The average Bonchev–Trinajstić information content (AvgIpc) is 2.51. The van der Waals surface area contributed by atoms with Crippen LogP contribution >= 0.6 is 0 Å². The number of pyridine rings is 1. The van der Waals surface area contributed by atoms with E-state index in [0.29, 0.717) is 17.5 Å². The van der Waals surface area contributed by atoms with Gasteiger partial charge in [0.1, 0.15) is 5.82 Å². The van der Waals surface area contributed by atoms with Gasteiger partial charge in [-0.15, -0.1) is 0 Å². The summed E-state index contributed by atoms with van der Waals surface area (Å²) in [5.74, 6) is -1.86. The maximum atomic E-state index is 13.1. The highest BCUT2D eigenvalue weighted by Gasteiger charge is 2.10. The summed E-state index contributed by atoms with van der Waals surface area (Å²) < 4.78 is 26.0. The topological polar surface area (TPSA) is 54.0 Å². The Bertz CT molecular complexity index is 659. The zero-order valence-corrected chi connectivity index (χ0v) is 12.4. The van der Waals surface area contributed by atoms with Gasteiger partial charge in [0.25, 0.3) is 5.91 Å². The van der Waals surface area contributed by atoms with Crippen molar-refractivity contribution in [2.24, 2.45) is 0 Å². The molecule has 4 nitrogen and oxygen atoms in total. The van der Waals surface area contributed by atoms with Gasteiger partial charge in [-0.05, 0) is 43.7 Å². The average molecular weight is 305 g/mol. The fourth-order valence-corrected chi connectivity index (χ4v) is 1.75. The molecule has 6 heteroatoms. The van der Waals surface area contributed by atoms with Crippen molar-refractivity contribution in [3.8, 4) is 0 Å². The maximum absolute atomic E-state index is 13.1.